The quantitative estimate of drug-likeness (QED) is 0.908. The number of rotatable bonds is 5. The molecule has 1 aromatic carbocycles. The normalized spacial score (nSPS) is 20.9. The maximum atomic E-state index is 6.19. The summed E-state index contributed by atoms with van der Waals surface area (Å²) in [6, 6.07) is 7.98. The molecule has 0 aliphatic carbocycles. The Bertz CT molecular complexity index is 666. The molecule has 1 aliphatic rings. The molecule has 0 bridgehead atoms. The number of piperidine rings is 1. The van der Waals surface area contributed by atoms with Gasteiger partial charge in [-0.25, -0.2) is 0 Å². The smallest absolute Gasteiger partial charge is 0.241 e. The number of hydrogen-bond donors (Lipinski definition) is 1. The molecule has 2 N–H and O–H groups in total. The second-order valence-electron chi connectivity index (χ2n) is 7.06. The zero-order valence-electron chi connectivity index (χ0n) is 14.7. The van der Waals surface area contributed by atoms with Crippen molar-refractivity contribution < 1.29 is 9.26 Å². The van der Waals surface area contributed by atoms with Crippen molar-refractivity contribution in [2.75, 3.05) is 19.7 Å². The van der Waals surface area contributed by atoms with Crippen LogP contribution in [-0.4, -0.2) is 40.8 Å². The Kier molecular flexibility index (Phi) is 4.87. The van der Waals surface area contributed by atoms with Gasteiger partial charge in [-0.2, -0.15) is 4.98 Å². The summed E-state index contributed by atoms with van der Waals surface area (Å²) in [6.45, 7) is 9.61. The lowest BCUT2D eigenvalue weighted by atomic mass is 9.80. The van der Waals surface area contributed by atoms with Crippen LogP contribution in [-0.2, 0) is 6.54 Å². The Morgan fingerprint density at radius 2 is 2.08 bits per heavy atom. The summed E-state index contributed by atoms with van der Waals surface area (Å²) in [5.41, 5.74) is 7.23. The van der Waals surface area contributed by atoms with Crippen molar-refractivity contribution in [3.05, 3.63) is 30.2 Å². The highest BCUT2D eigenvalue weighted by molar-refractivity contribution is 5.55. The number of likely N-dealkylation sites (tertiary alicyclic amines) is 1. The summed E-state index contributed by atoms with van der Waals surface area (Å²) in [7, 11) is 0. The van der Waals surface area contributed by atoms with Gasteiger partial charge in [0.05, 0.1) is 13.2 Å². The van der Waals surface area contributed by atoms with E-state index in [0.717, 1.165) is 30.8 Å². The highest BCUT2D eigenvalue weighted by Crippen LogP contribution is 2.28. The molecule has 2 heterocycles. The third-order valence-electron chi connectivity index (χ3n) is 4.64. The van der Waals surface area contributed by atoms with Crippen LogP contribution in [0.25, 0.3) is 11.4 Å². The van der Waals surface area contributed by atoms with Crippen LogP contribution in [0.1, 0.15) is 33.1 Å². The summed E-state index contributed by atoms with van der Waals surface area (Å²) < 4.78 is 10.9. The van der Waals surface area contributed by atoms with Crippen LogP contribution in [0.5, 0.6) is 5.75 Å². The fourth-order valence-corrected chi connectivity index (χ4v) is 3.11. The van der Waals surface area contributed by atoms with Gasteiger partial charge in [0.1, 0.15) is 5.75 Å². The number of nitrogens with zero attached hydrogens (tertiary/aromatic N) is 3. The van der Waals surface area contributed by atoms with E-state index in [0.29, 0.717) is 24.9 Å². The van der Waals surface area contributed by atoms with E-state index in [2.05, 4.69) is 28.9 Å². The lowest BCUT2D eigenvalue weighted by Gasteiger charge is -2.42. The van der Waals surface area contributed by atoms with Crippen LogP contribution >= 0.6 is 0 Å². The Balaban J connectivity index is 1.65. The number of benzene rings is 1. The van der Waals surface area contributed by atoms with E-state index in [1.807, 2.05) is 31.2 Å². The molecular formula is C18H26N4O2. The highest BCUT2D eigenvalue weighted by atomic mass is 16.5. The van der Waals surface area contributed by atoms with Gasteiger partial charge in [0.2, 0.25) is 11.7 Å². The molecule has 0 saturated carbocycles. The summed E-state index contributed by atoms with van der Waals surface area (Å²) in [6.07, 6.45) is 0.993. The van der Waals surface area contributed by atoms with Crippen molar-refractivity contribution in [3.8, 4) is 17.1 Å². The van der Waals surface area contributed by atoms with Gasteiger partial charge >= 0.3 is 0 Å². The molecule has 1 aromatic heterocycles. The Hall–Kier alpha value is -1.92. The maximum absolute atomic E-state index is 6.19. The monoisotopic (exact) mass is 330 g/mol. The molecule has 2 aromatic rings. The summed E-state index contributed by atoms with van der Waals surface area (Å²) in [5.74, 6) is 2.10. The van der Waals surface area contributed by atoms with Crippen molar-refractivity contribution in [2.45, 2.75) is 39.8 Å². The molecule has 24 heavy (non-hydrogen) atoms. The Morgan fingerprint density at radius 1 is 1.33 bits per heavy atom. The predicted molar refractivity (Wildman–Crippen MR) is 92.6 cm³/mol. The minimum atomic E-state index is 0.107. The van der Waals surface area contributed by atoms with Crippen LogP contribution in [0.15, 0.2) is 28.8 Å². The van der Waals surface area contributed by atoms with Gasteiger partial charge in [0.15, 0.2) is 0 Å². The largest absolute Gasteiger partial charge is 0.494 e. The van der Waals surface area contributed by atoms with Gasteiger partial charge in [-0.1, -0.05) is 19.0 Å². The average Bonchev–Trinajstić information content (AvgIpc) is 3.00. The minimum Gasteiger partial charge on any atom is -0.494 e. The minimum absolute atomic E-state index is 0.107. The van der Waals surface area contributed by atoms with Crippen LogP contribution in [0, 0.1) is 5.41 Å². The first-order valence-electron chi connectivity index (χ1n) is 8.51. The molecule has 6 heteroatoms. The van der Waals surface area contributed by atoms with Crippen molar-refractivity contribution >= 4 is 0 Å². The van der Waals surface area contributed by atoms with E-state index in [9.17, 15) is 0 Å². The Labute approximate surface area is 143 Å². The number of nitrogens with two attached hydrogens (primary N) is 1. The third-order valence-corrected chi connectivity index (χ3v) is 4.64. The predicted octanol–water partition coefficient (Wildman–Crippen LogP) is 2.69. The molecular weight excluding hydrogens is 304 g/mol. The van der Waals surface area contributed by atoms with Crippen LogP contribution < -0.4 is 10.5 Å². The van der Waals surface area contributed by atoms with Crippen molar-refractivity contribution in [1.29, 1.82) is 0 Å². The van der Waals surface area contributed by atoms with Gasteiger partial charge in [-0.3, -0.25) is 4.90 Å². The van der Waals surface area contributed by atoms with E-state index < -0.39 is 0 Å². The third kappa shape index (κ3) is 3.76. The molecule has 1 atom stereocenters. The number of ether oxygens (including phenoxy) is 1. The lowest BCUT2D eigenvalue weighted by Crippen LogP contribution is -2.52. The highest BCUT2D eigenvalue weighted by Gasteiger charge is 2.33. The molecule has 1 fully saturated rings. The number of hydrogen-bond acceptors (Lipinski definition) is 6. The fraction of sp³-hybridized carbons (Fsp3) is 0.556. The second kappa shape index (κ2) is 6.91. The van der Waals surface area contributed by atoms with Crippen molar-refractivity contribution in [3.63, 3.8) is 0 Å². The summed E-state index contributed by atoms with van der Waals surface area (Å²) in [5, 5.41) is 4.10. The van der Waals surface area contributed by atoms with Gasteiger partial charge < -0.3 is 15.0 Å². The standard InChI is InChI=1S/C18H26N4O2/c1-4-23-14-7-5-13(6-8-14)17-20-16(24-21-17)11-22-10-9-15(19)18(2,3)12-22/h5-8,15H,4,9-12,19H2,1-3H3. The SMILES string of the molecule is CCOc1ccc(-c2noc(CN3CCC(N)C(C)(C)C3)n2)cc1. The molecule has 6 nitrogen and oxygen atoms in total. The molecule has 3 rings (SSSR count). The van der Waals surface area contributed by atoms with Crippen LogP contribution in [0.4, 0.5) is 0 Å². The van der Waals surface area contributed by atoms with Crippen LogP contribution in [0.2, 0.25) is 0 Å². The average molecular weight is 330 g/mol. The lowest BCUT2D eigenvalue weighted by molar-refractivity contribution is 0.0811. The summed E-state index contributed by atoms with van der Waals surface area (Å²) >= 11 is 0. The van der Waals surface area contributed by atoms with E-state index in [4.69, 9.17) is 15.0 Å². The van der Waals surface area contributed by atoms with E-state index >= 15 is 0 Å². The van der Waals surface area contributed by atoms with Crippen molar-refractivity contribution in [2.24, 2.45) is 11.1 Å². The first-order chi connectivity index (χ1) is 11.5. The Morgan fingerprint density at radius 3 is 2.75 bits per heavy atom. The topological polar surface area (TPSA) is 77.4 Å². The van der Waals surface area contributed by atoms with E-state index in [1.54, 1.807) is 0 Å². The maximum Gasteiger partial charge on any atom is 0.241 e. The second-order valence-corrected chi connectivity index (χ2v) is 7.06. The number of aromatic nitrogens is 2. The molecule has 1 saturated heterocycles. The van der Waals surface area contributed by atoms with Gasteiger partial charge in [-0.15, -0.1) is 0 Å². The first kappa shape index (κ1) is 16.9. The zero-order chi connectivity index (χ0) is 17.2. The molecule has 0 radical (unpaired) electrons. The molecule has 1 unspecified atom stereocenters. The molecule has 0 spiro atoms. The first-order valence-corrected chi connectivity index (χ1v) is 8.51. The van der Waals surface area contributed by atoms with Crippen molar-refractivity contribution in [1.82, 2.24) is 15.0 Å². The van der Waals surface area contributed by atoms with Crippen LogP contribution in [0.3, 0.4) is 0 Å². The van der Waals surface area contributed by atoms with Gasteiger partial charge in [0, 0.05) is 24.7 Å². The fourth-order valence-electron chi connectivity index (χ4n) is 3.11. The van der Waals surface area contributed by atoms with E-state index in [1.165, 1.54) is 0 Å². The molecule has 1 aliphatic heterocycles. The summed E-state index contributed by atoms with van der Waals surface area (Å²) in [4.78, 5) is 6.86. The molecule has 130 valence electrons. The zero-order valence-corrected chi connectivity index (χ0v) is 14.7. The van der Waals surface area contributed by atoms with Gasteiger partial charge in [0.25, 0.3) is 0 Å². The van der Waals surface area contributed by atoms with E-state index in [-0.39, 0.29) is 11.5 Å². The molecule has 0 amide bonds. The van der Waals surface area contributed by atoms with Gasteiger partial charge in [-0.05, 0) is 43.0 Å².